The molecule has 1 aromatic heterocycles. The van der Waals surface area contributed by atoms with Crippen molar-refractivity contribution in [3.63, 3.8) is 0 Å². The van der Waals surface area contributed by atoms with Crippen LogP contribution in [0.2, 0.25) is 0 Å². The lowest BCUT2D eigenvalue weighted by atomic mass is 10.2. The van der Waals surface area contributed by atoms with Crippen LogP contribution in [0.15, 0.2) is 22.7 Å². The summed E-state index contributed by atoms with van der Waals surface area (Å²) < 4.78 is 18.6. The minimum Gasteiger partial charge on any atom is -0.338 e. The van der Waals surface area contributed by atoms with Crippen molar-refractivity contribution in [1.82, 2.24) is 15.5 Å². The lowest BCUT2D eigenvalue weighted by Crippen LogP contribution is -2.14. The monoisotopic (exact) mass is 266 g/mol. The zero-order valence-corrected chi connectivity index (χ0v) is 10.1. The van der Waals surface area contributed by atoms with E-state index in [-0.39, 0.29) is 18.7 Å². The summed E-state index contributed by atoms with van der Waals surface area (Å²) in [6, 6.07) is 4.05. The smallest absolute Gasteiger partial charge is 0.305 e. The quantitative estimate of drug-likeness (QED) is 0.654. The Morgan fingerprint density at radius 3 is 2.89 bits per heavy atom. The highest BCUT2D eigenvalue weighted by Crippen LogP contribution is 2.19. The third-order valence-electron chi connectivity index (χ3n) is 2.42. The van der Waals surface area contributed by atoms with E-state index >= 15 is 0 Å². The molecular weight excluding hydrogens is 255 g/mol. The van der Waals surface area contributed by atoms with Gasteiger partial charge in [-0.05, 0) is 6.92 Å². The fraction of sp³-hybridized carbons (Fsp3) is 0.273. The molecule has 0 aliphatic carbocycles. The van der Waals surface area contributed by atoms with E-state index < -0.39 is 16.4 Å². The van der Waals surface area contributed by atoms with Gasteiger partial charge in [0.2, 0.25) is 11.7 Å². The molecule has 0 aliphatic heterocycles. The normalized spacial score (nSPS) is 10.6. The first-order chi connectivity index (χ1) is 9.08. The maximum absolute atomic E-state index is 13.7. The first-order valence-electron chi connectivity index (χ1n) is 5.49. The molecule has 0 amide bonds. The van der Waals surface area contributed by atoms with Crippen LogP contribution in [0, 0.1) is 22.9 Å². The molecule has 0 bridgehead atoms. The molecular formula is C11H11FN4O3. The van der Waals surface area contributed by atoms with Gasteiger partial charge in [-0.3, -0.25) is 10.1 Å². The molecule has 1 heterocycles. The molecule has 100 valence electrons. The van der Waals surface area contributed by atoms with Crippen LogP contribution < -0.4 is 5.32 Å². The molecule has 1 N–H and O–H groups in total. The number of nitro benzene ring substituents is 1. The first kappa shape index (κ1) is 13.1. The predicted octanol–water partition coefficient (Wildman–Crippen LogP) is 1.72. The van der Waals surface area contributed by atoms with Crippen molar-refractivity contribution in [2.45, 2.75) is 20.0 Å². The number of hydrogen-bond acceptors (Lipinski definition) is 6. The summed E-state index contributed by atoms with van der Waals surface area (Å²) in [5.41, 5.74) is -0.321. The van der Waals surface area contributed by atoms with E-state index in [2.05, 4.69) is 15.5 Å². The Bertz CT molecular complexity index is 599. The number of halogens is 1. The van der Waals surface area contributed by atoms with Crippen molar-refractivity contribution in [3.05, 3.63) is 51.4 Å². The van der Waals surface area contributed by atoms with Crippen LogP contribution in [0.1, 0.15) is 17.3 Å². The molecule has 0 atom stereocenters. The highest BCUT2D eigenvalue weighted by Gasteiger charge is 2.16. The molecule has 0 saturated carbocycles. The molecule has 7 nitrogen and oxygen atoms in total. The van der Waals surface area contributed by atoms with E-state index in [1.807, 2.05) is 0 Å². The van der Waals surface area contributed by atoms with E-state index in [9.17, 15) is 14.5 Å². The van der Waals surface area contributed by atoms with Crippen LogP contribution >= 0.6 is 0 Å². The Morgan fingerprint density at radius 2 is 2.26 bits per heavy atom. The summed E-state index contributed by atoms with van der Waals surface area (Å²) in [4.78, 5) is 13.8. The molecule has 0 fully saturated rings. The summed E-state index contributed by atoms with van der Waals surface area (Å²) in [7, 11) is 0. The van der Waals surface area contributed by atoms with Crippen molar-refractivity contribution in [2.24, 2.45) is 0 Å². The summed E-state index contributed by atoms with van der Waals surface area (Å²) in [5.74, 6) is 0.0587. The third kappa shape index (κ3) is 3.10. The van der Waals surface area contributed by atoms with Gasteiger partial charge in [0.1, 0.15) is 0 Å². The molecule has 0 aliphatic rings. The van der Waals surface area contributed by atoms with E-state index in [1.165, 1.54) is 12.1 Å². The Labute approximate surface area is 107 Å². The second-order valence-electron chi connectivity index (χ2n) is 3.85. The average Bonchev–Trinajstić information content (AvgIpc) is 2.77. The lowest BCUT2D eigenvalue weighted by Gasteiger charge is -2.04. The van der Waals surface area contributed by atoms with Crippen molar-refractivity contribution >= 4 is 5.69 Å². The zero-order valence-electron chi connectivity index (χ0n) is 10.1. The second-order valence-corrected chi connectivity index (χ2v) is 3.85. The van der Waals surface area contributed by atoms with Gasteiger partial charge in [0.05, 0.1) is 11.5 Å². The highest BCUT2D eigenvalue weighted by molar-refractivity contribution is 5.36. The van der Waals surface area contributed by atoms with Gasteiger partial charge < -0.3 is 9.84 Å². The van der Waals surface area contributed by atoms with E-state index in [0.29, 0.717) is 11.7 Å². The fourth-order valence-electron chi connectivity index (χ4n) is 1.56. The standard InChI is InChI=1S/C11H11FN4O3/c1-7-14-10(19-15-7)6-13-5-8-3-2-4-9(11(8)12)16(17)18/h2-4,13H,5-6H2,1H3. The molecule has 2 aromatic rings. The van der Waals surface area contributed by atoms with E-state index in [4.69, 9.17) is 4.52 Å². The number of nitro groups is 1. The van der Waals surface area contributed by atoms with Crippen molar-refractivity contribution in [3.8, 4) is 0 Å². The SMILES string of the molecule is Cc1noc(CNCc2cccc([N+](=O)[O-])c2F)n1. The zero-order chi connectivity index (χ0) is 13.8. The Kier molecular flexibility index (Phi) is 3.81. The predicted molar refractivity (Wildman–Crippen MR) is 62.6 cm³/mol. The Hall–Kier alpha value is -2.35. The summed E-state index contributed by atoms with van der Waals surface area (Å²) in [5, 5.41) is 17.1. The van der Waals surface area contributed by atoms with Crippen LogP contribution in [-0.2, 0) is 13.1 Å². The Morgan fingerprint density at radius 1 is 1.47 bits per heavy atom. The number of rotatable bonds is 5. The van der Waals surface area contributed by atoms with E-state index in [0.717, 1.165) is 6.07 Å². The second kappa shape index (κ2) is 5.53. The number of nitrogens with one attached hydrogen (secondary N) is 1. The maximum Gasteiger partial charge on any atom is 0.305 e. The van der Waals surface area contributed by atoms with Gasteiger partial charge in [-0.25, -0.2) is 0 Å². The fourth-order valence-corrected chi connectivity index (χ4v) is 1.56. The average molecular weight is 266 g/mol. The minimum absolute atomic E-state index is 0.134. The molecule has 0 saturated heterocycles. The molecule has 2 rings (SSSR count). The van der Waals surface area contributed by atoms with E-state index in [1.54, 1.807) is 6.92 Å². The highest BCUT2D eigenvalue weighted by atomic mass is 19.1. The van der Waals surface area contributed by atoms with Crippen LogP contribution in [0.3, 0.4) is 0 Å². The summed E-state index contributed by atoms with van der Waals surface area (Å²) >= 11 is 0. The molecule has 1 aromatic carbocycles. The van der Waals surface area contributed by atoms with Crippen molar-refractivity contribution < 1.29 is 13.8 Å². The van der Waals surface area contributed by atoms with Crippen LogP contribution in [0.5, 0.6) is 0 Å². The van der Waals surface area contributed by atoms with Gasteiger partial charge in [0.15, 0.2) is 5.82 Å². The number of aromatic nitrogens is 2. The molecule has 19 heavy (non-hydrogen) atoms. The van der Waals surface area contributed by atoms with Crippen LogP contribution in [0.25, 0.3) is 0 Å². The molecule has 0 unspecified atom stereocenters. The van der Waals surface area contributed by atoms with Gasteiger partial charge in [0.25, 0.3) is 0 Å². The third-order valence-corrected chi connectivity index (χ3v) is 2.42. The first-order valence-corrected chi connectivity index (χ1v) is 5.49. The number of nitrogens with zero attached hydrogens (tertiary/aromatic N) is 3. The maximum atomic E-state index is 13.7. The minimum atomic E-state index is -0.832. The summed E-state index contributed by atoms with van der Waals surface area (Å²) in [6.07, 6.45) is 0. The largest absolute Gasteiger partial charge is 0.338 e. The van der Waals surface area contributed by atoms with Gasteiger partial charge in [-0.15, -0.1) is 0 Å². The van der Waals surface area contributed by atoms with Crippen molar-refractivity contribution in [1.29, 1.82) is 0 Å². The number of hydrogen-bond donors (Lipinski definition) is 1. The molecule has 8 heteroatoms. The summed E-state index contributed by atoms with van der Waals surface area (Å²) in [6.45, 7) is 2.09. The molecule has 0 spiro atoms. The number of benzene rings is 1. The van der Waals surface area contributed by atoms with Gasteiger partial charge in [-0.2, -0.15) is 9.37 Å². The topological polar surface area (TPSA) is 94.1 Å². The molecule has 0 radical (unpaired) electrons. The van der Waals surface area contributed by atoms with Gasteiger partial charge in [-0.1, -0.05) is 17.3 Å². The van der Waals surface area contributed by atoms with Crippen molar-refractivity contribution in [2.75, 3.05) is 0 Å². The van der Waals surface area contributed by atoms with Gasteiger partial charge in [0, 0.05) is 18.2 Å². The van der Waals surface area contributed by atoms with Crippen LogP contribution in [-0.4, -0.2) is 15.1 Å². The van der Waals surface area contributed by atoms with Gasteiger partial charge >= 0.3 is 5.69 Å². The number of aryl methyl sites for hydroxylation is 1. The Balaban J connectivity index is 2.00. The lowest BCUT2D eigenvalue weighted by molar-refractivity contribution is -0.387. The van der Waals surface area contributed by atoms with Crippen LogP contribution in [0.4, 0.5) is 10.1 Å².